The third-order valence-electron chi connectivity index (χ3n) is 4.71. The molecule has 1 fully saturated rings. The second kappa shape index (κ2) is 11.7. The Labute approximate surface area is 184 Å². The quantitative estimate of drug-likeness (QED) is 0.555. The summed E-state index contributed by atoms with van der Waals surface area (Å²) in [5.41, 5.74) is 2.90. The zero-order chi connectivity index (χ0) is 22.8. The van der Waals surface area contributed by atoms with Crippen molar-refractivity contribution in [2.45, 2.75) is 20.8 Å². The lowest BCUT2D eigenvalue weighted by Gasteiger charge is -2.34. The first kappa shape index (κ1) is 23.8. The van der Waals surface area contributed by atoms with Gasteiger partial charge in [-0.1, -0.05) is 20.4 Å². The number of allylic oxidation sites excluding steroid dienone is 3. The number of pyridine rings is 1. The zero-order valence-corrected chi connectivity index (χ0v) is 19.0. The number of ether oxygens (including phenoxy) is 1. The number of hydrogen-bond acceptors (Lipinski definition) is 8. The first-order valence-corrected chi connectivity index (χ1v) is 10.4. The first-order valence-electron chi connectivity index (χ1n) is 10.4. The minimum absolute atomic E-state index is 0.376. The van der Waals surface area contributed by atoms with Gasteiger partial charge in [-0.3, -0.25) is 0 Å². The average Bonchev–Trinajstić information content (AvgIpc) is 2.81. The number of nitriles is 1. The minimum atomic E-state index is 0.376. The van der Waals surface area contributed by atoms with E-state index in [1.807, 2.05) is 39.0 Å². The van der Waals surface area contributed by atoms with Crippen LogP contribution in [-0.2, 0) is 0 Å². The average molecular weight is 422 g/mol. The Morgan fingerprint density at radius 1 is 1.19 bits per heavy atom. The summed E-state index contributed by atoms with van der Waals surface area (Å²) in [5, 5.41) is 12.0. The standard InChI is InChI=1S/C21H25N7O.C2H6/c1-15(14-22)13-16(2)17-7-8-23-21(24-17)26-19-6-5-18(20(25-19)29-4)28-11-9-27(3)10-12-28;1-2/h5-8,13H,1,9-12H2,2-4H3,(H,23,24,25,26);1-2H3/b16-13+;. The van der Waals surface area contributed by atoms with Crippen LogP contribution in [0.15, 0.2) is 42.6 Å². The smallest absolute Gasteiger partial charge is 0.239 e. The van der Waals surface area contributed by atoms with Gasteiger partial charge in [0.15, 0.2) is 0 Å². The summed E-state index contributed by atoms with van der Waals surface area (Å²) in [6.45, 7) is 13.4. The molecule has 0 aromatic carbocycles. The molecule has 0 bridgehead atoms. The molecule has 0 atom stereocenters. The second-order valence-electron chi connectivity index (χ2n) is 6.87. The third-order valence-corrected chi connectivity index (χ3v) is 4.71. The van der Waals surface area contributed by atoms with Gasteiger partial charge >= 0.3 is 0 Å². The van der Waals surface area contributed by atoms with Crippen molar-refractivity contribution < 1.29 is 4.74 Å². The van der Waals surface area contributed by atoms with E-state index in [0.29, 0.717) is 28.9 Å². The van der Waals surface area contributed by atoms with E-state index in [1.165, 1.54) is 0 Å². The van der Waals surface area contributed by atoms with Crippen LogP contribution >= 0.6 is 0 Å². The fourth-order valence-electron chi connectivity index (χ4n) is 3.06. The van der Waals surface area contributed by atoms with E-state index >= 15 is 0 Å². The monoisotopic (exact) mass is 421 g/mol. The molecule has 2 aromatic rings. The molecule has 0 amide bonds. The SMILES string of the molecule is C=C(C#N)/C=C(\C)c1ccnc(Nc2ccc(N3CCN(C)CC3)c(OC)n2)n1.CC. The molecule has 164 valence electrons. The topological polar surface area (TPSA) is 90.2 Å². The fourth-order valence-corrected chi connectivity index (χ4v) is 3.06. The summed E-state index contributed by atoms with van der Waals surface area (Å²) < 4.78 is 5.53. The number of aromatic nitrogens is 3. The Morgan fingerprint density at radius 2 is 1.90 bits per heavy atom. The highest BCUT2D eigenvalue weighted by Gasteiger charge is 2.19. The molecule has 3 heterocycles. The Morgan fingerprint density at radius 3 is 2.55 bits per heavy atom. The van der Waals surface area contributed by atoms with Crippen LogP contribution < -0.4 is 15.0 Å². The third kappa shape index (κ3) is 6.52. The molecule has 1 N–H and O–H groups in total. The molecule has 8 heteroatoms. The molecule has 3 rings (SSSR count). The molecule has 2 aromatic heterocycles. The zero-order valence-electron chi connectivity index (χ0n) is 19.0. The lowest BCUT2D eigenvalue weighted by Crippen LogP contribution is -2.44. The molecule has 0 unspecified atom stereocenters. The Bertz CT molecular complexity index is 957. The molecule has 0 saturated carbocycles. The molecule has 0 spiro atoms. The number of rotatable bonds is 6. The lowest BCUT2D eigenvalue weighted by molar-refractivity contribution is 0.310. The maximum absolute atomic E-state index is 8.89. The number of nitrogens with one attached hydrogen (secondary N) is 1. The van der Waals surface area contributed by atoms with E-state index < -0.39 is 0 Å². The van der Waals surface area contributed by atoms with Gasteiger partial charge in [0.05, 0.1) is 18.9 Å². The molecule has 8 nitrogen and oxygen atoms in total. The molecule has 0 aliphatic carbocycles. The number of nitrogens with zero attached hydrogens (tertiary/aromatic N) is 6. The van der Waals surface area contributed by atoms with E-state index in [-0.39, 0.29) is 0 Å². The molecule has 1 aliphatic heterocycles. The van der Waals surface area contributed by atoms with E-state index in [9.17, 15) is 0 Å². The number of hydrogen-bond donors (Lipinski definition) is 1. The summed E-state index contributed by atoms with van der Waals surface area (Å²) in [6, 6.07) is 7.69. The van der Waals surface area contributed by atoms with Crippen molar-refractivity contribution in [2.24, 2.45) is 0 Å². The maximum atomic E-state index is 8.89. The molecular weight excluding hydrogens is 390 g/mol. The van der Waals surface area contributed by atoms with Gasteiger partial charge in [-0.25, -0.2) is 9.97 Å². The maximum Gasteiger partial charge on any atom is 0.239 e. The van der Waals surface area contributed by atoms with E-state index in [0.717, 1.165) is 37.4 Å². The fraction of sp³-hybridized carbons (Fsp3) is 0.391. The van der Waals surface area contributed by atoms with Crippen molar-refractivity contribution in [1.82, 2.24) is 19.9 Å². The van der Waals surface area contributed by atoms with Crippen molar-refractivity contribution in [2.75, 3.05) is 50.6 Å². The van der Waals surface area contributed by atoms with Crippen molar-refractivity contribution in [3.05, 3.63) is 48.3 Å². The Kier molecular flexibility index (Phi) is 8.97. The summed E-state index contributed by atoms with van der Waals surface area (Å²) in [5.74, 6) is 1.58. The van der Waals surface area contributed by atoms with Crippen LogP contribution in [0.5, 0.6) is 5.88 Å². The van der Waals surface area contributed by atoms with E-state index in [2.05, 4.69) is 43.7 Å². The Hall–Kier alpha value is -3.44. The second-order valence-corrected chi connectivity index (χ2v) is 6.87. The van der Waals surface area contributed by atoms with Gasteiger partial charge in [-0.2, -0.15) is 10.2 Å². The summed E-state index contributed by atoms with van der Waals surface area (Å²) in [4.78, 5) is 17.9. The summed E-state index contributed by atoms with van der Waals surface area (Å²) in [6.07, 6.45) is 3.35. The van der Waals surface area contributed by atoms with Gasteiger partial charge in [0.2, 0.25) is 11.8 Å². The van der Waals surface area contributed by atoms with Crippen LogP contribution in [0.3, 0.4) is 0 Å². The lowest BCUT2D eigenvalue weighted by atomic mass is 10.1. The van der Waals surface area contributed by atoms with E-state index in [1.54, 1.807) is 25.4 Å². The molecule has 1 aliphatic rings. The first-order chi connectivity index (χ1) is 15.0. The summed E-state index contributed by atoms with van der Waals surface area (Å²) >= 11 is 0. The number of methoxy groups -OCH3 is 1. The van der Waals surface area contributed by atoms with Crippen molar-refractivity contribution in [3.63, 3.8) is 0 Å². The highest BCUT2D eigenvalue weighted by atomic mass is 16.5. The van der Waals surface area contributed by atoms with Gasteiger partial charge in [-0.05, 0) is 43.8 Å². The molecule has 0 radical (unpaired) electrons. The normalized spacial score (nSPS) is 14.2. The van der Waals surface area contributed by atoms with Gasteiger partial charge in [0.25, 0.3) is 0 Å². The summed E-state index contributed by atoms with van der Waals surface area (Å²) in [7, 11) is 3.75. The van der Waals surface area contributed by atoms with Crippen LogP contribution in [0.4, 0.5) is 17.5 Å². The highest BCUT2D eigenvalue weighted by molar-refractivity contribution is 5.66. The van der Waals surface area contributed by atoms with Gasteiger partial charge in [-0.15, -0.1) is 0 Å². The van der Waals surface area contributed by atoms with Crippen molar-refractivity contribution in [3.8, 4) is 11.9 Å². The molecular formula is C23H31N7O. The van der Waals surface area contributed by atoms with Gasteiger partial charge in [0.1, 0.15) is 11.5 Å². The van der Waals surface area contributed by atoms with Crippen molar-refractivity contribution in [1.29, 1.82) is 5.26 Å². The van der Waals surface area contributed by atoms with Gasteiger partial charge < -0.3 is 19.9 Å². The predicted octanol–water partition coefficient (Wildman–Crippen LogP) is 3.88. The largest absolute Gasteiger partial charge is 0.479 e. The van der Waals surface area contributed by atoms with Crippen molar-refractivity contribution >= 4 is 23.0 Å². The van der Waals surface area contributed by atoms with Crippen LogP contribution in [0.2, 0.25) is 0 Å². The molecule has 1 saturated heterocycles. The van der Waals surface area contributed by atoms with E-state index in [4.69, 9.17) is 10.00 Å². The minimum Gasteiger partial charge on any atom is -0.479 e. The van der Waals surface area contributed by atoms with Crippen LogP contribution in [0.1, 0.15) is 26.5 Å². The number of anilines is 3. The van der Waals surface area contributed by atoms with Crippen LogP contribution in [0.25, 0.3) is 5.57 Å². The van der Waals surface area contributed by atoms with Crippen LogP contribution in [-0.4, -0.2) is 60.2 Å². The van der Waals surface area contributed by atoms with Gasteiger partial charge in [0, 0.05) is 37.9 Å². The number of likely N-dealkylation sites (N-methyl/N-ethyl adjacent to an activating group) is 1. The predicted molar refractivity (Wildman–Crippen MR) is 126 cm³/mol. The highest BCUT2D eigenvalue weighted by Crippen LogP contribution is 2.29. The Balaban J connectivity index is 0.00000166. The molecule has 31 heavy (non-hydrogen) atoms. The van der Waals surface area contributed by atoms with Crippen LogP contribution in [0, 0.1) is 11.3 Å². The number of piperazine rings is 1.